The summed E-state index contributed by atoms with van der Waals surface area (Å²) in [5.74, 6) is -0.848. The average Bonchev–Trinajstić information content (AvgIpc) is 3.30. The number of carbonyl (C=O) groups is 2. The lowest BCUT2D eigenvalue weighted by atomic mass is 10.0. The molecule has 3 N–H and O–H groups in total. The van der Waals surface area contributed by atoms with Crippen molar-refractivity contribution in [3.63, 3.8) is 0 Å². The first kappa shape index (κ1) is 62.4. The zero-order valence-electron chi connectivity index (χ0n) is 41.7. The average molecular weight is 932 g/mol. The van der Waals surface area contributed by atoms with Crippen molar-refractivity contribution >= 4 is 19.8 Å². The zero-order chi connectivity index (χ0) is 47.4. The van der Waals surface area contributed by atoms with Crippen LogP contribution in [0, 0.1) is 0 Å². The van der Waals surface area contributed by atoms with E-state index in [4.69, 9.17) is 24.3 Å². The van der Waals surface area contributed by atoms with Gasteiger partial charge in [-0.15, -0.1) is 0 Å². The molecule has 2 unspecified atom stereocenters. The highest BCUT2D eigenvalue weighted by molar-refractivity contribution is 7.47. The summed E-state index contributed by atoms with van der Waals surface area (Å²) in [6, 6.07) is 0. The van der Waals surface area contributed by atoms with Gasteiger partial charge in [-0.05, 0) is 83.5 Å². The summed E-state index contributed by atoms with van der Waals surface area (Å²) in [7, 11) is -4.39. The number of nitrogens with two attached hydrogens (primary N) is 1. The Bertz CT molecular complexity index is 1290. The third-order valence-electron chi connectivity index (χ3n) is 11.1. The molecule has 0 saturated heterocycles. The molecule has 0 radical (unpaired) electrons. The molecule has 2 atom stereocenters. The van der Waals surface area contributed by atoms with Crippen LogP contribution in [0.25, 0.3) is 0 Å². The first-order chi connectivity index (χ1) is 31.8. The molecule has 0 heterocycles. The number of ether oxygens (including phenoxy) is 2. The van der Waals surface area contributed by atoms with E-state index in [1.807, 2.05) is 0 Å². The highest BCUT2D eigenvalue weighted by atomic mass is 31.2. The summed E-state index contributed by atoms with van der Waals surface area (Å²) in [5.41, 5.74) is 5.37. The Labute approximate surface area is 399 Å². The second-order valence-corrected chi connectivity index (χ2v) is 18.8. The summed E-state index contributed by atoms with van der Waals surface area (Å²) < 4.78 is 32.9. The lowest BCUT2D eigenvalue weighted by molar-refractivity contribution is -0.161. The largest absolute Gasteiger partial charge is 0.472 e. The van der Waals surface area contributed by atoms with Crippen LogP contribution in [-0.2, 0) is 32.7 Å². The number of allylic oxidation sites excluding steroid dienone is 12. The van der Waals surface area contributed by atoms with Crippen LogP contribution in [0.1, 0.15) is 232 Å². The van der Waals surface area contributed by atoms with Crippen molar-refractivity contribution in [3.8, 4) is 0 Å². The van der Waals surface area contributed by atoms with Crippen molar-refractivity contribution in [1.82, 2.24) is 0 Å². The van der Waals surface area contributed by atoms with Crippen LogP contribution in [0.15, 0.2) is 72.9 Å². The number of phosphoric acid groups is 1. The van der Waals surface area contributed by atoms with Gasteiger partial charge in [0.2, 0.25) is 0 Å². The Morgan fingerprint density at radius 3 is 1.26 bits per heavy atom. The monoisotopic (exact) mass is 932 g/mol. The van der Waals surface area contributed by atoms with Gasteiger partial charge in [-0.1, -0.05) is 209 Å². The molecule has 0 bridgehead atoms. The van der Waals surface area contributed by atoms with Crippen molar-refractivity contribution in [1.29, 1.82) is 0 Å². The number of rotatable bonds is 49. The van der Waals surface area contributed by atoms with E-state index in [0.29, 0.717) is 12.8 Å². The van der Waals surface area contributed by atoms with E-state index in [0.717, 1.165) is 83.5 Å². The predicted molar refractivity (Wildman–Crippen MR) is 275 cm³/mol. The van der Waals surface area contributed by atoms with Crippen LogP contribution in [0.5, 0.6) is 0 Å². The van der Waals surface area contributed by atoms with E-state index in [1.54, 1.807) is 0 Å². The fraction of sp³-hybridized carbons (Fsp3) is 0.745. The summed E-state index contributed by atoms with van der Waals surface area (Å²) in [5, 5.41) is 0. The van der Waals surface area contributed by atoms with E-state index in [2.05, 4.69) is 86.8 Å². The lowest BCUT2D eigenvalue weighted by Gasteiger charge is -2.19. The van der Waals surface area contributed by atoms with Crippen LogP contribution in [-0.4, -0.2) is 49.3 Å². The standard InChI is InChI=1S/C55H98NO8P/c1-3-5-7-9-11-13-15-17-19-20-21-22-23-24-25-26-27-28-29-30-31-32-34-36-38-40-42-44-46-48-55(58)64-53(52-63-65(59,60)62-50-49-56)51-61-54(57)47-45-43-41-39-37-35-33-18-16-14-12-10-8-6-4-2/h6,8,12,14-15,17-18,20-21,23-24,33,53H,3-5,7,9-11,13,16,19,22,25-32,34-52,56H2,1-2H3,(H,59,60)/b8-6-,14-12-,17-15-,21-20-,24-23-,33-18-. The molecule has 0 aliphatic rings. The number of hydrogen-bond acceptors (Lipinski definition) is 8. The maximum atomic E-state index is 12.7. The number of esters is 2. The van der Waals surface area contributed by atoms with Crippen LogP contribution >= 0.6 is 7.82 Å². The van der Waals surface area contributed by atoms with E-state index in [-0.39, 0.29) is 32.6 Å². The molecule has 0 aromatic heterocycles. The van der Waals surface area contributed by atoms with Gasteiger partial charge in [0, 0.05) is 19.4 Å². The van der Waals surface area contributed by atoms with Gasteiger partial charge in [0.1, 0.15) is 6.61 Å². The van der Waals surface area contributed by atoms with E-state index < -0.39 is 32.5 Å². The Kier molecular flexibility index (Phi) is 48.9. The van der Waals surface area contributed by atoms with Crippen LogP contribution in [0.4, 0.5) is 0 Å². The maximum absolute atomic E-state index is 12.7. The predicted octanol–water partition coefficient (Wildman–Crippen LogP) is 16.2. The van der Waals surface area contributed by atoms with Gasteiger partial charge in [-0.3, -0.25) is 18.6 Å². The molecular weight excluding hydrogens is 834 g/mol. The second kappa shape index (κ2) is 50.9. The molecule has 9 nitrogen and oxygen atoms in total. The first-order valence-corrected chi connectivity index (χ1v) is 27.9. The minimum absolute atomic E-state index is 0.0482. The minimum Gasteiger partial charge on any atom is -0.462 e. The third-order valence-corrected chi connectivity index (χ3v) is 12.1. The minimum atomic E-state index is -4.39. The van der Waals surface area contributed by atoms with Crippen molar-refractivity contribution in [2.45, 2.75) is 238 Å². The van der Waals surface area contributed by atoms with E-state index in [1.165, 1.54) is 109 Å². The lowest BCUT2D eigenvalue weighted by Crippen LogP contribution is -2.29. The van der Waals surface area contributed by atoms with Crippen molar-refractivity contribution in [2.24, 2.45) is 5.73 Å². The maximum Gasteiger partial charge on any atom is 0.472 e. The Morgan fingerprint density at radius 2 is 0.846 bits per heavy atom. The second-order valence-electron chi connectivity index (χ2n) is 17.4. The van der Waals surface area contributed by atoms with E-state index in [9.17, 15) is 19.0 Å². The van der Waals surface area contributed by atoms with Gasteiger partial charge in [0.25, 0.3) is 0 Å². The van der Waals surface area contributed by atoms with Gasteiger partial charge >= 0.3 is 19.8 Å². The SMILES string of the molecule is CC/C=C\C/C=C\C/C=C\CCCCCCCC(=O)OCC(COP(=O)(O)OCCN)OC(=O)CCCCCCCCCCCCCCCC/C=C\C/C=C\C/C=C\CCCCCCC. The molecule has 0 aliphatic carbocycles. The van der Waals surface area contributed by atoms with Gasteiger partial charge in [-0.2, -0.15) is 0 Å². The first-order valence-electron chi connectivity index (χ1n) is 26.4. The van der Waals surface area contributed by atoms with Crippen molar-refractivity contribution in [3.05, 3.63) is 72.9 Å². The number of unbranched alkanes of at least 4 members (excludes halogenated alkanes) is 24. The third kappa shape index (κ3) is 50.7. The Balaban J connectivity index is 3.98. The highest BCUT2D eigenvalue weighted by Gasteiger charge is 2.26. The van der Waals surface area contributed by atoms with Crippen LogP contribution < -0.4 is 5.73 Å². The van der Waals surface area contributed by atoms with Gasteiger partial charge in [-0.25, -0.2) is 4.57 Å². The van der Waals surface area contributed by atoms with E-state index >= 15 is 0 Å². The molecule has 376 valence electrons. The van der Waals surface area contributed by atoms with Gasteiger partial charge in [0.05, 0.1) is 13.2 Å². The quantitative estimate of drug-likeness (QED) is 0.0265. The number of hydrogen-bond donors (Lipinski definition) is 2. The van der Waals surface area contributed by atoms with Crippen LogP contribution in [0.3, 0.4) is 0 Å². The molecule has 0 rings (SSSR count). The number of phosphoric ester groups is 1. The van der Waals surface area contributed by atoms with Crippen LogP contribution in [0.2, 0.25) is 0 Å². The summed E-state index contributed by atoms with van der Waals surface area (Å²) in [6.07, 6.45) is 63.8. The zero-order valence-corrected chi connectivity index (χ0v) is 42.6. The van der Waals surface area contributed by atoms with Crippen molar-refractivity contribution < 1.29 is 37.6 Å². The van der Waals surface area contributed by atoms with Crippen molar-refractivity contribution in [2.75, 3.05) is 26.4 Å². The summed E-state index contributed by atoms with van der Waals surface area (Å²) in [4.78, 5) is 35.0. The molecule has 0 aromatic carbocycles. The molecule has 10 heteroatoms. The summed E-state index contributed by atoms with van der Waals surface area (Å²) >= 11 is 0. The van der Waals surface area contributed by atoms with Gasteiger partial charge < -0.3 is 20.1 Å². The highest BCUT2D eigenvalue weighted by Crippen LogP contribution is 2.43. The molecule has 0 saturated carbocycles. The smallest absolute Gasteiger partial charge is 0.462 e. The molecule has 0 aliphatic heterocycles. The molecule has 0 aromatic rings. The summed E-state index contributed by atoms with van der Waals surface area (Å²) in [6.45, 7) is 3.60. The molecule has 0 fully saturated rings. The number of carbonyl (C=O) groups excluding carboxylic acids is 2. The normalized spacial score (nSPS) is 13.7. The Morgan fingerprint density at radius 1 is 0.477 bits per heavy atom. The fourth-order valence-corrected chi connectivity index (χ4v) is 7.95. The molecular formula is C55H98NO8P. The Hall–Kier alpha value is -2.55. The molecule has 65 heavy (non-hydrogen) atoms. The fourth-order valence-electron chi connectivity index (χ4n) is 7.19. The van der Waals surface area contributed by atoms with Gasteiger partial charge in [0.15, 0.2) is 6.10 Å². The topological polar surface area (TPSA) is 134 Å². The molecule has 0 spiro atoms. The molecule has 0 amide bonds.